The van der Waals surface area contributed by atoms with Crippen molar-refractivity contribution in [3.63, 3.8) is 0 Å². The Morgan fingerprint density at radius 2 is 1.85 bits per heavy atom. The normalized spacial score (nSPS) is 13.0. The van der Waals surface area contributed by atoms with Crippen LogP contribution in [0.25, 0.3) is 0 Å². The third-order valence-electron chi connectivity index (χ3n) is 3.60. The number of phenolic OH excluding ortho intramolecular Hbond substituents is 1. The zero-order valence-electron chi connectivity index (χ0n) is 14.4. The number of aliphatic hydroxyl groups is 1. The van der Waals surface area contributed by atoms with E-state index in [4.69, 9.17) is 9.47 Å². The van der Waals surface area contributed by atoms with Gasteiger partial charge in [-0.05, 0) is 36.4 Å². The molecule has 2 aromatic carbocycles. The summed E-state index contributed by atoms with van der Waals surface area (Å²) in [4.78, 5) is 18.8. The molecule has 1 heterocycles. The Kier molecular flexibility index (Phi) is 7.54. The minimum atomic E-state index is -0.728. The van der Waals surface area contributed by atoms with Crippen molar-refractivity contribution >= 4 is 18.4 Å². The van der Waals surface area contributed by atoms with Gasteiger partial charge in [-0.15, -0.1) is 12.4 Å². The first-order chi connectivity index (χ1) is 12.6. The first-order valence-electron chi connectivity index (χ1n) is 8.15. The molecule has 27 heavy (non-hydrogen) atoms. The van der Waals surface area contributed by atoms with Crippen molar-refractivity contribution in [1.82, 2.24) is 5.32 Å². The van der Waals surface area contributed by atoms with Gasteiger partial charge < -0.3 is 25.0 Å². The zero-order valence-corrected chi connectivity index (χ0v) is 15.2. The van der Waals surface area contributed by atoms with Crippen LogP contribution in [0.15, 0.2) is 52.4 Å². The molecule has 9 heteroatoms. The van der Waals surface area contributed by atoms with E-state index in [0.29, 0.717) is 41.9 Å². The number of carbonyl (C=O) groups is 1. The second-order valence-electron chi connectivity index (χ2n) is 5.64. The van der Waals surface area contributed by atoms with Gasteiger partial charge in [0.1, 0.15) is 41.9 Å². The van der Waals surface area contributed by atoms with Gasteiger partial charge in [-0.25, -0.2) is 4.79 Å². The van der Waals surface area contributed by atoms with Crippen molar-refractivity contribution in [2.45, 2.75) is 6.10 Å². The molecule has 2 amide bonds. The summed E-state index contributed by atoms with van der Waals surface area (Å²) in [6.07, 6.45) is -0.728. The predicted molar refractivity (Wildman–Crippen MR) is 99.4 cm³/mol. The summed E-state index contributed by atoms with van der Waals surface area (Å²) in [5.41, 5.74) is 0. The molecule has 1 aliphatic heterocycles. The van der Waals surface area contributed by atoms with E-state index in [9.17, 15) is 15.0 Å². The molecule has 8 nitrogen and oxygen atoms in total. The maximum atomic E-state index is 11.2. The smallest absolute Gasteiger partial charge is 0.368 e. The van der Waals surface area contributed by atoms with Crippen LogP contribution in [0, 0.1) is 0 Å². The van der Waals surface area contributed by atoms with Gasteiger partial charge in [0.15, 0.2) is 0 Å². The third-order valence-corrected chi connectivity index (χ3v) is 3.60. The number of halogens is 1. The van der Waals surface area contributed by atoms with E-state index in [1.54, 1.807) is 42.5 Å². The van der Waals surface area contributed by atoms with E-state index in [2.05, 4.69) is 15.3 Å². The highest BCUT2D eigenvalue weighted by Crippen LogP contribution is 2.15. The molecule has 0 aromatic heterocycles. The van der Waals surface area contributed by atoms with E-state index in [-0.39, 0.29) is 24.8 Å². The Labute approximate surface area is 161 Å². The van der Waals surface area contributed by atoms with Crippen LogP contribution < -0.4 is 25.5 Å². The molecule has 0 aliphatic carbocycles. The lowest BCUT2D eigenvalue weighted by molar-refractivity contribution is 0.105. The summed E-state index contributed by atoms with van der Waals surface area (Å²) in [6.45, 7) is 1.36. The van der Waals surface area contributed by atoms with Crippen LogP contribution in [0.1, 0.15) is 0 Å². The highest BCUT2D eigenvalue weighted by atomic mass is 35.5. The van der Waals surface area contributed by atoms with Crippen LogP contribution in [-0.4, -0.2) is 48.7 Å². The summed E-state index contributed by atoms with van der Waals surface area (Å²) in [6, 6.07) is 11.0. The quantitative estimate of drug-likeness (QED) is 0.538. The molecule has 0 saturated heterocycles. The average molecular weight is 394 g/mol. The SMILES string of the molecule is Cl.O=C1N=c2cccc(OCC(O)CNCCOc3ccc(O)cc3)c2=N1. The molecule has 3 rings (SSSR count). The van der Waals surface area contributed by atoms with Gasteiger partial charge in [-0.3, -0.25) is 0 Å². The van der Waals surface area contributed by atoms with Gasteiger partial charge in [-0.1, -0.05) is 6.07 Å². The summed E-state index contributed by atoms with van der Waals surface area (Å²) in [7, 11) is 0. The molecule has 3 N–H and O–H groups in total. The Bertz CT molecular complexity index is 889. The number of amides is 2. The minimum absolute atomic E-state index is 0. The van der Waals surface area contributed by atoms with Crippen LogP contribution >= 0.6 is 12.4 Å². The van der Waals surface area contributed by atoms with Crippen molar-refractivity contribution in [3.8, 4) is 17.2 Å². The van der Waals surface area contributed by atoms with Gasteiger partial charge >= 0.3 is 6.03 Å². The van der Waals surface area contributed by atoms with Crippen molar-refractivity contribution in [3.05, 3.63) is 53.2 Å². The Hall–Kier alpha value is -2.68. The maximum Gasteiger partial charge on any atom is 0.368 e. The largest absolute Gasteiger partial charge is 0.508 e. The number of fused-ring (bicyclic) bond motifs is 1. The Morgan fingerprint density at radius 1 is 1.07 bits per heavy atom. The number of phenols is 1. The number of rotatable bonds is 9. The fourth-order valence-electron chi connectivity index (χ4n) is 2.35. The van der Waals surface area contributed by atoms with Gasteiger partial charge in [0, 0.05) is 13.1 Å². The summed E-state index contributed by atoms with van der Waals surface area (Å²) in [5, 5.41) is 23.1. The van der Waals surface area contributed by atoms with Crippen molar-refractivity contribution < 1.29 is 24.5 Å². The maximum absolute atomic E-state index is 11.2. The third kappa shape index (κ3) is 5.92. The molecule has 0 bridgehead atoms. The molecule has 0 fully saturated rings. The molecule has 2 aromatic rings. The summed E-state index contributed by atoms with van der Waals surface area (Å²) >= 11 is 0. The van der Waals surface area contributed by atoms with Gasteiger partial charge in [0.2, 0.25) is 0 Å². The lowest BCUT2D eigenvalue weighted by Crippen LogP contribution is -2.34. The van der Waals surface area contributed by atoms with Crippen LogP contribution in [0.2, 0.25) is 0 Å². The number of ether oxygens (including phenoxy) is 2. The highest BCUT2D eigenvalue weighted by Gasteiger charge is 2.11. The Balaban J connectivity index is 0.00000261. The molecule has 1 atom stereocenters. The molecule has 1 unspecified atom stereocenters. The standard InChI is InChI=1S/C18H19N3O5.ClH/c22-12-4-6-14(7-5-12)25-9-8-19-10-13(23)11-26-16-3-1-2-15-17(16)21-18(24)20-15;/h1-7,13,19,22-23H,8-11H2;1H. The highest BCUT2D eigenvalue weighted by molar-refractivity contribution is 5.85. The van der Waals surface area contributed by atoms with Crippen molar-refractivity contribution in [2.24, 2.45) is 9.98 Å². The first kappa shape index (κ1) is 20.6. The predicted octanol–water partition coefficient (Wildman–Crippen LogP) is 0.595. The molecular weight excluding hydrogens is 374 g/mol. The second-order valence-corrected chi connectivity index (χ2v) is 5.64. The fraction of sp³-hybridized carbons (Fsp3) is 0.278. The van der Waals surface area contributed by atoms with Crippen molar-refractivity contribution in [1.29, 1.82) is 0 Å². The zero-order chi connectivity index (χ0) is 18.4. The van der Waals surface area contributed by atoms with Crippen LogP contribution in [0.5, 0.6) is 17.2 Å². The van der Waals surface area contributed by atoms with E-state index in [1.165, 1.54) is 0 Å². The number of para-hydroxylation sites is 1. The topological polar surface area (TPSA) is 113 Å². The van der Waals surface area contributed by atoms with E-state index in [1.807, 2.05) is 0 Å². The van der Waals surface area contributed by atoms with Gasteiger partial charge in [0.25, 0.3) is 0 Å². The van der Waals surface area contributed by atoms with E-state index in [0.717, 1.165) is 0 Å². The summed E-state index contributed by atoms with van der Waals surface area (Å²) in [5.74, 6) is 1.27. The summed E-state index contributed by atoms with van der Waals surface area (Å²) < 4.78 is 11.0. The molecule has 0 spiro atoms. The number of nitrogens with one attached hydrogen (secondary N) is 1. The number of urea groups is 1. The monoisotopic (exact) mass is 393 g/mol. The molecular formula is C18H20ClN3O5. The number of carbonyl (C=O) groups excluding carboxylic acids is 1. The number of benzene rings is 2. The van der Waals surface area contributed by atoms with Crippen LogP contribution in [0.3, 0.4) is 0 Å². The van der Waals surface area contributed by atoms with Crippen LogP contribution in [0.4, 0.5) is 4.79 Å². The van der Waals surface area contributed by atoms with Crippen molar-refractivity contribution in [2.75, 3.05) is 26.3 Å². The number of hydrogen-bond acceptors (Lipinski definition) is 6. The minimum Gasteiger partial charge on any atom is -0.508 e. The number of hydrogen-bond donors (Lipinski definition) is 3. The molecule has 0 radical (unpaired) electrons. The number of nitrogens with zero attached hydrogens (tertiary/aromatic N) is 2. The number of aromatic hydroxyl groups is 1. The average Bonchev–Trinajstić information content (AvgIpc) is 3.02. The van der Waals surface area contributed by atoms with Gasteiger partial charge in [-0.2, -0.15) is 9.98 Å². The lowest BCUT2D eigenvalue weighted by Gasteiger charge is -2.13. The van der Waals surface area contributed by atoms with E-state index < -0.39 is 12.1 Å². The fourth-order valence-corrected chi connectivity index (χ4v) is 2.35. The second kappa shape index (κ2) is 9.86. The molecule has 0 saturated carbocycles. The molecule has 144 valence electrons. The van der Waals surface area contributed by atoms with Gasteiger partial charge in [0.05, 0.1) is 5.36 Å². The first-order valence-corrected chi connectivity index (χ1v) is 8.15. The van der Waals surface area contributed by atoms with Crippen LogP contribution in [-0.2, 0) is 0 Å². The van der Waals surface area contributed by atoms with E-state index >= 15 is 0 Å². The lowest BCUT2D eigenvalue weighted by atomic mass is 10.3. The molecule has 1 aliphatic rings. The number of aliphatic hydroxyl groups excluding tert-OH is 1. The Morgan fingerprint density at radius 3 is 2.63 bits per heavy atom.